The zero-order valence-electron chi connectivity index (χ0n) is 14.5. The first-order valence-electron chi connectivity index (χ1n) is 8.22. The van der Waals surface area contributed by atoms with E-state index in [4.69, 9.17) is 16.1 Å². The van der Waals surface area contributed by atoms with Crippen LogP contribution in [0.4, 0.5) is 14.5 Å². The quantitative estimate of drug-likeness (QED) is 0.502. The maximum Gasteiger partial charge on any atom is 0.259 e. The number of nitrogens with one attached hydrogen (secondary N) is 1. The lowest BCUT2D eigenvalue weighted by Crippen LogP contribution is -2.14. The van der Waals surface area contributed by atoms with Crippen molar-refractivity contribution in [3.05, 3.63) is 76.4 Å². The second kappa shape index (κ2) is 7.01. The highest BCUT2D eigenvalue weighted by atomic mass is 35.5. The topological polar surface area (TPSA) is 68.0 Å². The molecule has 2 aromatic heterocycles. The molecule has 5 nitrogen and oxygen atoms in total. The van der Waals surface area contributed by atoms with Gasteiger partial charge in [-0.25, -0.2) is 13.8 Å². The molecule has 0 atom stereocenters. The van der Waals surface area contributed by atoms with Crippen molar-refractivity contribution in [3.8, 4) is 11.3 Å². The number of rotatable bonds is 3. The third kappa shape index (κ3) is 3.20. The number of hydrogen-bond acceptors (Lipinski definition) is 4. The number of anilines is 1. The fraction of sp³-hybridized carbons (Fsp3) is 0.0500. The number of carbonyl (C=O) groups excluding carboxylic acids is 1. The Morgan fingerprint density at radius 1 is 1.11 bits per heavy atom. The molecule has 0 fully saturated rings. The minimum Gasteiger partial charge on any atom is -0.335 e. The highest BCUT2D eigenvalue weighted by molar-refractivity contribution is 6.31. The number of carbonyl (C=O) groups is 1. The number of amides is 1. The Bertz CT molecular complexity index is 1220. The first-order valence-corrected chi connectivity index (χ1v) is 8.60. The van der Waals surface area contributed by atoms with Gasteiger partial charge in [0, 0.05) is 10.6 Å². The van der Waals surface area contributed by atoms with E-state index in [0.717, 1.165) is 6.07 Å². The standard InChI is InChI=1S/C20H12ClF2N3O2/c1-10-18-13(19(27)24-17-8-11(21)6-7-15(17)23)9-16(25-20(18)28-26-10)12-4-2-3-5-14(12)22/h2-9H,1H3,(H,24,27). The van der Waals surface area contributed by atoms with Crippen LogP contribution in [0.5, 0.6) is 0 Å². The Balaban J connectivity index is 1.85. The van der Waals surface area contributed by atoms with E-state index < -0.39 is 17.5 Å². The van der Waals surface area contributed by atoms with Gasteiger partial charge in [0.05, 0.1) is 28.0 Å². The van der Waals surface area contributed by atoms with Crippen LogP contribution in [0.3, 0.4) is 0 Å². The molecular formula is C20H12ClF2N3O2. The van der Waals surface area contributed by atoms with Gasteiger partial charge in [-0.05, 0) is 43.3 Å². The molecule has 1 amide bonds. The number of nitrogens with zero attached hydrogens (tertiary/aromatic N) is 2. The van der Waals surface area contributed by atoms with Crippen LogP contribution in [-0.4, -0.2) is 16.0 Å². The van der Waals surface area contributed by atoms with E-state index in [0.29, 0.717) is 11.1 Å². The summed E-state index contributed by atoms with van der Waals surface area (Å²) in [5.41, 5.74) is 0.944. The Morgan fingerprint density at radius 2 is 1.89 bits per heavy atom. The maximum atomic E-state index is 14.2. The molecule has 8 heteroatoms. The molecular weight excluding hydrogens is 388 g/mol. The molecule has 0 saturated heterocycles. The summed E-state index contributed by atoms with van der Waals surface area (Å²) >= 11 is 5.88. The van der Waals surface area contributed by atoms with Crippen LogP contribution in [0.1, 0.15) is 16.1 Å². The van der Waals surface area contributed by atoms with E-state index in [1.54, 1.807) is 19.1 Å². The molecule has 2 heterocycles. The van der Waals surface area contributed by atoms with E-state index in [9.17, 15) is 13.6 Å². The molecule has 28 heavy (non-hydrogen) atoms. The molecule has 0 unspecified atom stereocenters. The number of benzene rings is 2. The summed E-state index contributed by atoms with van der Waals surface area (Å²) in [5.74, 6) is -1.77. The van der Waals surface area contributed by atoms with E-state index in [2.05, 4.69) is 15.5 Å². The predicted octanol–water partition coefficient (Wildman–Crippen LogP) is 5.38. The summed E-state index contributed by atoms with van der Waals surface area (Å²) in [6.07, 6.45) is 0. The van der Waals surface area contributed by atoms with Crippen molar-refractivity contribution in [1.82, 2.24) is 10.1 Å². The highest BCUT2D eigenvalue weighted by Crippen LogP contribution is 2.29. The van der Waals surface area contributed by atoms with Gasteiger partial charge in [-0.3, -0.25) is 4.79 Å². The van der Waals surface area contributed by atoms with Crippen LogP contribution >= 0.6 is 11.6 Å². The number of hydrogen-bond donors (Lipinski definition) is 1. The maximum absolute atomic E-state index is 14.2. The molecule has 2 aromatic carbocycles. The van der Waals surface area contributed by atoms with Gasteiger partial charge in [0.1, 0.15) is 11.6 Å². The third-order valence-electron chi connectivity index (χ3n) is 4.19. The summed E-state index contributed by atoms with van der Waals surface area (Å²) in [7, 11) is 0. The fourth-order valence-electron chi connectivity index (χ4n) is 2.86. The summed E-state index contributed by atoms with van der Waals surface area (Å²) in [4.78, 5) is 17.2. The largest absolute Gasteiger partial charge is 0.335 e. The second-order valence-electron chi connectivity index (χ2n) is 6.06. The van der Waals surface area contributed by atoms with Crippen LogP contribution in [0.15, 0.2) is 53.1 Å². The normalized spacial score (nSPS) is 11.0. The van der Waals surface area contributed by atoms with E-state index in [-0.39, 0.29) is 33.2 Å². The second-order valence-corrected chi connectivity index (χ2v) is 6.50. The lowest BCUT2D eigenvalue weighted by atomic mass is 10.0. The SMILES string of the molecule is Cc1noc2nc(-c3ccccc3F)cc(C(=O)Nc3cc(Cl)ccc3F)c12. The van der Waals surface area contributed by atoms with Crippen molar-refractivity contribution < 1.29 is 18.1 Å². The van der Waals surface area contributed by atoms with Crippen molar-refractivity contribution in [1.29, 1.82) is 0 Å². The van der Waals surface area contributed by atoms with Gasteiger partial charge in [-0.2, -0.15) is 0 Å². The zero-order chi connectivity index (χ0) is 19.8. The Hall–Kier alpha value is -3.32. The van der Waals surface area contributed by atoms with Gasteiger partial charge < -0.3 is 9.84 Å². The molecule has 1 N–H and O–H groups in total. The molecule has 0 aliphatic heterocycles. The first-order chi connectivity index (χ1) is 13.4. The van der Waals surface area contributed by atoms with Crippen molar-refractivity contribution in [2.75, 3.05) is 5.32 Å². The van der Waals surface area contributed by atoms with Crippen molar-refractivity contribution in [3.63, 3.8) is 0 Å². The molecule has 0 aliphatic rings. The predicted molar refractivity (Wildman–Crippen MR) is 101 cm³/mol. The summed E-state index contributed by atoms with van der Waals surface area (Å²) in [6, 6.07) is 11.3. The summed E-state index contributed by atoms with van der Waals surface area (Å²) in [5, 5.41) is 6.94. The van der Waals surface area contributed by atoms with Crippen LogP contribution < -0.4 is 5.32 Å². The van der Waals surface area contributed by atoms with Crippen LogP contribution in [-0.2, 0) is 0 Å². The molecule has 0 saturated carbocycles. The van der Waals surface area contributed by atoms with Crippen molar-refractivity contribution >= 4 is 34.3 Å². The molecule has 0 spiro atoms. The van der Waals surface area contributed by atoms with Crippen LogP contribution in [0, 0.1) is 18.6 Å². The smallest absolute Gasteiger partial charge is 0.259 e. The number of halogens is 3. The van der Waals surface area contributed by atoms with Crippen molar-refractivity contribution in [2.45, 2.75) is 6.92 Å². The Morgan fingerprint density at radius 3 is 2.68 bits per heavy atom. The number of pyridine rings is 1. The van der Waals surface area contributed by atoms with Gasteiger partial charge in [-0.1, -0.05) is 28.9 Å². The molecule has 140 valence electrons. The lowest BCUT2D eigenvalue weighted by Gasteiger charge is -2.10. The number of fused-ring (bicyclic) bond motifs is 1. The van der Waals surface area contributed by atoms with Gasteiger partial charge in [-0.15, -0.1) is 0 Å². The Kier molecular flexibility index (Phi) is 4.52. The third-order valence-corrected chi connectivity index (χ3v) is 4.42. The molecule has 0 radical (unpaired) electrons. The fourth-order valence-corrected chi connectivity index (χ4v) is 3.04. The average molecular weight is 400 g/mol. The average Bonchev–Trinajstić information content (AvgIpc) is 3.05. The molecule has 4 aromatic rings. The Labute approximate surface area is 162 Å². The van der Waals surface area contributed by atoms with Crippen LogP contribution in [0.2, 0.25) is 5.02 Å². The minimum atomic E-state index is -0.639. The van der Waals surface area contributed by atoms with E-state index in [1.807, 2.05) is 0 Å². The molecule has 0 aliphatic carbocycles. The van der Waals surface area contributed by atoms with Gasteiger partial charge in [0.15, 0.2) is 0 Å². The number of aromatic nitrogens is 2. The van der Waals surface area contributed by atoms with E-state index >= 15 is 0 Å². The number of aryl methyl sites for hydroxylation is 1. The highest BCUT2D eigenvalue weighted by Gasteiger charge is 2.21. The van der Waals surface area contributed by atoms with Crippen molar-refractivity contribution in [2.24, 2.45) is 0 Å². The van der Waals surface area contributed by atoms with E-state index in [1.165, 1.54) is 30.3 Å². The minimum absolute atomic E-state index is 0.0787. The monoisotopic (exact) mass is 399 g/mol. The molecule has 0 bridgehead atoms. The lowest BCUT2D eigenvalue weighted by molar-refractivity contribution is 0.102. The zero-order valence-corrected chi connectivity index (χ0v) is 15.2. The summed E-state index contributed by atoms with van der Waals surface area (Å²) < 4.78 is 33.4. The van der Waals surface area contributed by atoms with Gasteiger partial charge in [0.25, 0.3) is 11.6 Å². The van der Waals surface area contributed by atoms with Crippen LogP contribution in [0.25, 0.3) is 22.4 Å². The first kappa shape index (κ1) is 18.1. The molecule has 4 rings (SSSR count). The van der Waals surface area contributed by atoms with Gasteiger partial charge in [0.2, 0.25) is 0 Å². The summed E-state index contributed by atoms with van der Waals surface area (Å²) in [6.45, 7) is 1.65. The van der Waals surface area contributed by atoms with Gasteiger partial charge >= 0.3 is 0 Å².